The highest BCUT2D eigenvalue weighted by Gasteiger charge is 2.11. The molecule has 4 heteroatoms. The predicted molar refractivity (Wildman–Crippen MR) is 65.1 cm³/mol. The molecule has 0 spiro atoms. The molecule has 0 bridgehead atoms. The topological polar surface area (TPSA) is 41.3 Å². The van der Waals surface area contributed by atoms with Gasteiger partial charge in [-0.15, -0.1) is 0 Å². The Morgan fingerprint density at radius 3 is 2.69 bits per heavy atom. The van der Waals surface area contributed by atoms with Gasteiger partial charge in [0.15, 0.2) is 0 Å². The van der Waals surface area contributed by atoms with Crippen molar-refractivity contribution in [3.05, 3.63) is 18.0 Å². The highest BCUT2D eigenvalue weighted by Crippen LogP contribution is 2.07. The first-order valence-corrected chi connectivity index (χ1v) is 5.84. The van der Waals surface area contributed by atoms with E-state index in [0.29, 0.717) is 12.0 Å². The molecule has 0 radical (unpaired) electrons. The van der Waals surface area contributed by atoms with Gasteiger partial charge in [-0.1, -0.05) is 19.0 Å². The fourth-order valence-corrected chi connectivity index (χ4v) is 1.81. The van der Waals surface area contributed by atoms with E-state index in [2.05, 4.69) is 43.3 Å². The average molecular weight is 225 g/mol. The monoisotopic (exact) mass is 225 g/mol. The van der Waals surface area contributed by atoms with Crippen molar-refractivity contribution in [3.63, 3.8) is 0 Å². The van der Waals surface area contributed by atoms with Crippen LogP contribution in [0.4, 0.5) is 0 Å². The van der Waals surface area contributed by atoms with Crippen LogP contribution >= 0.6 is 0 Å². The van der Waals surface area contributed by atoms with Crippen LogP contribution in [0.25, 0.3) is 0 Å². The first-order chi connectivity index (χ1) is 7.58. The van der Waals surface area contributed by atoms with Gasteiger partial charge in [0, 0.05) is 24.7 Å². The van der Waals surface area contributed by atoms with E-state index < -0.39 is 0 Å². The van der Waals surface area contributed by atoms with Crippen LogP contribution in [0.15, 0.2) is 17.0 Å². The molecule has 0 saturated heterocycles. The van der Waals surface area contributed by atoms with E-state index in [9.17, 15) is 0 Å². The number of hydrogen-bond donors (Lipinski definition) is 1. The maximum atomic E-state index is 4.81. The van der Waals surface area contributed by atoms with Gasteiger partial charge in [0.1, 0.15) is 6.26 Å². The maximum absolute atomic E-state index is 4.81. The highest BCUT2D eigenvalue weighted by molar-refractivity contribution is 4.99. The summed E-state index contributed by atoms with van der Waals surface area (Å²) in [5, 5.41) is 7.24. The summed E-state index contributed by atoms with van der Waals surface area (Å²) in [5.41, 5.74) is 1.10. The van der Waals surface area contributed by atoms with Crippen LogP contribution in [-0.4, -0.2) is 36.7 Å². The first-order valence-electron chi connectivity index (χ1n) is 5.84. The zero-order valence-electron chi connectivity index (χ0n) is 10.7. The smallest absolute Gasteiger partial charge is 0.128 e. The summed E-state index contributed by atoms with van der Waals surface area (Å²) in [6, 6.07) is 0.518. The van der Waals surface area contributed by atoms with Gasteiger partial charge in [-0.05, 0) is 26.4 Å². The van der Waals surface area contributed by atoms with E-state index in [1.807, 2.05) is 0 Å². The molecule has 0 amide bonds. The Hall–Kier alpha value is -0.870. The Labute approximate surface area is 98.0 Å². The number of rotatable bonds is 7. The molecule has 1 heterocycles. The molecule has 1 rings (SSSR count). The molecule has 0 fully saturated rings. The van der Waals surface area contributed by atoms with E-state index in [0.717, 1.165) is 18.7 Å². The zero-order valence-corrected chi connectivity index (χ0v) is 10.7. The van der Waals surface area contributed by atoms with Crippen LogP contribution in [-0.2, 0) is 6.54 Å². The lowest BCUT2D eigenvalue weighted by molar-refractivity contribution is 0.304. The normalized spacial score (nSPS) is 13.6. The molecule has 1 aromatic heterocycles. The number of nitrogens with zero attached hydrogens (tertiary/aromatic N) is 2. The number of aromatic nitrogens is 1. The molecule has 1 unspecified atom stereocenters. The van der Waals surface area contributed by atoms with Crippen LogP contribution in [0.2, 0.25) is 0 Å². The van der Waals surface area contributed by atoms with Gasteiger partial charge in [0.2, 0.25) is 0 Å². The third-order valence-electron chi connectivity index (χ3n) is 2.42. The van der Waals surface area contributed by atoms with Crippen LogP contribution in [0.5, 0.6) is 0 Å². The van der Waals surface area contributed by atoms with Crippen molar-refractivity contribution in [2.24, 2.45) is 5.92 Å². The molecular weight excluding hydrogens is 202 g/mol. The number of nitrogens with one attached hydrogen (secondary N) is 1. The minimum absolute atomic E-state index is 0.518. The Kier molecular flexibility index (Phi) is 5.49. The fraction of sp³-hybridized carbons (Fsp3) is 0.750. The number of hydrogen-bond acceptors (Lipinski definition) is 4. The van der Waals surface area contributed by atoms with Crippen LogP contribution in [0.3, 0.4) is 0 Å². The van der Waals surface area contributed by atoms with E-state index >= 15 is 0 Å². The summed E-state index contributed by atoms with van der Waals surface area (Å²) in [6.45, 7) is 6.39. The Balaban J connectivity index is 2.37. The van der Waals surface area contributed by atoms with E-state index in [-0.39, 0.29) is 0 Å². The van der Waals surface area contributed by atoms with Gasteiger partial charge in [0.25, 0.3) is 0 Å². The molecule has 92 valence electrons. The summed E-state index contributed by atoms with van der Waals surface area (Å²) in [7, 11) is 4.21. The van der Waals surface area contributed by atoms with Crippen molar-refractivity contribution in [3.8, 4) is 0 Å². The quantitative estimate of drug-likeness (QED) is 0.767. The summed E-state index contributed by atoms with van der Waals surface area (Å²) >= 11 is 0. The summed E-state index contributed by atoms with van der Waals surface area (Å²) < 4.78 is 4.81. The van der Waals surface area contributed by atoms with Crippen molar-refractivity contribution in [2.45, 2.75) is 32.9 Å². The van der Waals surface area contributed by atoms with Gasteiger partial charge in [-0.3, -0.25) is 0 Å². The second kappa shape index (κ2) is 6.66. The molecular formula is C12H23N3O. The average Bonchev–Trinajstić information content (AvgIpc) is 2.64. The zero-order chi connectivity index (χ0) is 12.0. The second-order valence-corrected chi connectivity index (χ2v) is 5.00. The van der Waals surface area contributed by atoms with Crippen LogP contribution in [0.1, 0.15) is 25.8 Å². The molecule has 4 nitrogen and oxygen atoms in total. The molecule has 1 aromatic rings. The van der Waals surface area contributed by atoms with Gasteiger partial charge in [-0.2, -0.15) is 0 Å². The van der Waals surface area contributed by atoms with Gasteiger partial charge >= 0.3 is 0 Å². The minimum atomic E-state index is 0.518. The van der Waals surface area contributed by atoms with Crippen molar-refractivity contribution < 1.29 is 4.52 Å². The number of likely N-dealkylation sites (N-methyl/N-ethyl adjacent to an activating group) is 1. The lowest BCUT2D eigenvalue weighted by Crippen LogP contribution is -2.38. The third-order valence-corrected chi connectivity index (χ3v) is 2.42. The van der Waals surface area contributed by atoms with E-state index in [1.54, 1.807) is 12.5 Å². The van der Waals surface area contributed by atoms with Crippen molar-refractivity contribution in [1.82, 2.24) is 15.4 Å². The third kappa shape index (κ3) is 5.28. The molecule has 0 aliphatic heterocycles. The predicted octanol–water partition coefficient (Wildman–Crippen LogP) is 1.74. The van der Waals surface area contributed by atoms with Crippen LogP contribution < -0.4 is 5.32 Å². The minimum Gasteiger partial charge on any atom is -0.364 e. The lowest BCUT2D eigenvalue weighted by Gasteiger charge is -2.23. The second-order valence-electron chi connectivity index (χ2n) is 5.00. The van der Waals surface area contributed by atoms with E-state index in [4.69, 9.17) is 4.52 Å². The maximum Gasteiger partial charge on any atom is 0.128 e. The molecule has 0 aliphatic carbocycles. The van der Waals surface area contributed by atoms with Gasteiger partial charge in [0.05, 0.1) is 6.20 Å². The summed E-state index contributed by atoms with van der Waals surface area (Å²) in [6.07, 6.45) is 4.63. The lowest BCUT2D eigenvalue weighted by atomic mass is 10.0. The largest absolute Gasteiger partial charge is 0.364 e. The van der Waals surface area contributed by atoms with Gasteiger partial charge in [-0.25, -0.2) is 0 Å². The Bertz CT molecular complexity index is 260. The summed E-state index contributed by atoms with van der Waals surface area (Å²) in [5.74, 6) is 0.708. The van der Waals surface area contributed by atoms with Gasteiger partial charge < -0.3 is 14.7 Å². The molecule has 0 aliphatic rings. The standard InChI is InChI=1S/C12H23N3O/c1-10(2)5-12(8-15(3)4)13-6-11-7-14-16-9-11/h7,9-10,12-13H,5-6,8H2,1-4H3. The van der Waals surface area contributed by atoms with Crippen molar-refractivity contribution in [1.29, 1.82) is 0 Å². The molecule has 0 saturated carbocycles. The molecule has 1 N–H and O–H groups in total. The SMILES string of the molecule is CC(C)CC(CN(C)C)NCc1cnoc1. The molecule has 1 atom stereocenters. The van der Waals surface area contributed by atoms with E-state index in [1.165, 1.54) is 6.42 Å². The molecule has 0 aromatic carbocycles. The Morgan fingerprint density at radius 1 is 1.44 bits per heavy atom. The van der Waals surface area contributed by atoms with Crippen LogP contribution in [0, 0.1) is 5.92 Å². The highest BCUT2D eigenvalue weighted by atomic mass is 16.5. The Morgan fingerprint density at radius 2 is 2.19 bits per heavy atom. The summed E-state index contributed by atoms with van der Waals surface area (Å²) in [4.78, 5) is 2.22. The fourth-order valence-electron chi connectivity index (χ4n) is 1.81. The molecule has 16 heavy (non-hydrogen) atoms. The first kappa shape index (κ1) is 13.2. The van der Waals surface area contributed by atoms with Crippen molar-refractivity contribution >= 4 is 0 Å². The van der Waals surface area contributed by atoms with Crippen molar-refractivity contribution in [2.75, 3.05) is 20.6 Å².